The van der Waals surface area contributed by atoms with E-state index in [1.165, 1.54) is 57.8 Å². The summed E-state index contributed by atoms with van der Waals surface area (Å²) < 4.78 is 4.26. The number of rotatable bonds is 11. The lowest BCUT2D eigenvalue weighted by Gasteiger charge is -2.01. The van der Waals surface area contributed by atoms with Crippen molar-refractivity contribution in [2.75, 3.05) is 6.61 Å². The summed E-state index contributed by atoms with van der Waals surface area (Å²) in [6.45, 7) is 2.87. The number of ether oxygens (including phenoxy) is 1. The molecule has 14 heavy (non-hydrogen) atoms. The van der Waals surface area contributed by atoms with Crippen molar-refractivity contribution >= 4 is 0 Å². The monoisotopic (exact) mass is 197 g/mol. The minimum Gasteiger partial charge on any atom is -0.365 e. The Balaban J connectivity index is 2.78. The Hall–Kier alpha value is -0.0400. The Morgan fingerprint density at radius 3 is 1.57 bits per heavy atom. The van der Waals surface area contributed by atoms with Gasteiger partial charge < -0.3 is 4.74 Å². The van der Waals surface area contributed by atoms with Gasteiger partial charge in [0.15, 0.2) is 7.11 Å². The van der Waals surface area contributed by atoms with Crippen molar-refractivity contribution in [3.05, 3.63) is 7.11 Å². The van der Waals surface area contributed by atoms with Gasteiger partial charge in [-0.3, -0.25) is 0 Å². The molecular weight excluding hydrogens is 172 g/mol. The van der Waals surface area contributed by atoms with E-state index in [2.05, 4.69) is 11.7 Å². The molecule has 0 saturated carbocycles. The normalized spacial score (nSPS) is 10.7. The second kappa shape index (κ2) is 13.0. The van der Waals surface area contributed by atoms with Crippen LogP contribution < -0.4 is 0 Å². The van der Waals surface area contributed by atoms with Crippen LogP contribution >= 0.6 is 0 Å². The number of unbranched alkanes of at least 4 members (excludes halogenated alkanes) is 9. The first-order valence-electron chi connectivity index (χ1n) is 6.20. The molecule has 0 aliphatic heterocycles. The van der Waals surface area contributed by atoms with Crippen LogP contribution in [0.3, 0.4) is 0 Å². The van der Waals surface area contributed by atoms with E-state index in [1.807, 2.05) is 0 Å². The Morgan fingerprint density at radius 2 is 1.14 bits per heavy atom. The standard InChI is InChI=1S/C13H25O/c1-3-4-5-6-7-8-9-10-11-12-13-14-2/h3-13H2,1H3. The van der Waals surface area contributed by atoms with E-state index in [0.29, 0.717) is 6.61 Å². The summed E-state index contributed by atoms with van der Waals surface area (Å²) >= 11 is 0. The molecule has 0 aliphatic rings. The van der Waals surface area contributed by atoms with Crippen LogP contribution in [-0.4, -0.2) is 6.61 Å². The first-order valence-corrected chi connectivity index (χ1v) is 6.20. The Labute approximate surface area is 90.2 Å². The molecule has 0 heterocycles. The van der Waals surface area contributed by atoms with Crippen LogP contribution in [0.5, 0.6) is 0 Å². The number of hydrogen-bond donors (Lipinski definition) is 0. The highest BCUT2D eigenvalue weighted by Gasteiger charge is 1.91. The largest absolute Gasteiger partial charge is 0.365 e. The van der Waals surface area contributed by atoms with Crippen molar-refractivity contribution in [2.45, 2.75) is 71.1 Å². The third-order valence-electron chi connectivity index (χ3n) is 2.60. The topological polar surface area (TPSA) is 9.23 Å². The molecule has 3 radical (unpaired) electrons. The molecule has 1 heteroatoms. The van der Waals surface area contributed by atoms with Crippen LogP contribution in [-0.2, 0) is 4.74 Å². The summed E-state index contributed by atoms with van der Waals surface area (Å²) in [5, 5.41) is 0. The maximum absolute atomic E-state index is 6.51. The zero-order valence-electron chi connectivity index (χ0n) is 9.69. The molecule has 0 atom stereocenters. The maximum Gasteiger partial charge on any atom is 0.173 e. The van der Waals surface area contributed by atoms with Crippen LogP contribution in [0, 0.1) is 7.11 Å². The minimum absolute atomic E-state index is 0.608. The third-order valence-corrected chi connectivity index (χ3v) is 2.60. The molecule has 0 fully saturated rings. The zero-order chi connectivity index (χ0) is 10.5. The molecule has 0 N–H and O–H groups in total. The van der Waals surface area contributed by atoms with Gasteiger partial charge in [-0.05, 0) is 6.42 Å². The molecule has 0 amide bonds. The highest BCUT2D eigenvalue weighted by molar-refractivity contribution is 4.47. The number of hydrogen-bond acceptors (Lipinski definition) is 1. The summed E-state index contributed by atoms with van der Waals surface area (Å²) in [5.74, 6) is 0. The Kier molecular flexibility index (Phi) is 12.9. The summed E-state index contributed by atoms with van der Waals surface area (Å²) in [5.41, 5.74) is 0. The van der Waals surface area contributed by atoms with Gasteiger partial charge in [-0.15, -0.1) is 0 Å². The van der Waals surface area contributed by atoms with E-state index in [-0.39, 0.29) is 0 Å². The van der Waals surface area contributed by atoms with E-state index in [9.17, 15) is 0 Å². The van der Waals surface area contributed by atoms with E-state index in [1.54, 1.807) is 0 Å². The lowest BCUT2D eigenvalue weighted by molar-refractivity contribution is 0.233. The highest BCUT2D eigenvalue weighted by Crippen LogP contribution is 2.10. The summed E-state index contributed by atoms with van der Waals surface area (Å²) in [6, 6.07) is 0. The molecule has 0 unspecified atom stereocenters. The molecular formula is C13H25O. The van der Waals surface area contributed by atoms with Crippen molar-refractivity contribution in [2.24, 2.45) is 0 Å². The van der Waals surface area contributed by atoms with Crippen LogP contribution in [0.15, 0.2) is 0 Å². The first-order chi connectivity index (χ1) is 6.91. The summed E-state index contributed by atoms with van der Waals surface area (Å²) in [4.78, 5) is 0. The lowest BCUT2D eigenvalue weighted by Crippen LogP contribution is -1.87. The van der Waals surface area contributed by atoms with Crippen molar-refractivity contribution in [3.63, 3.8) is 0 Å². The minimum atomic E-state index is 0.608. The molecule has 0 aromatic carbocycles. The first kappa shape index (κ1) is 14.0. The fourth-order valence-corrected chi connectivity index (χ4v) is 1.66. The Bertz CT molecular complexity index is 79.2. The quantitative estimate of drug-likeness (QED) is 0.444. The van der Waals surface area contributed by atoms with Gasteiger partial charge in [0.2, 0.25) is 0 Å². The van der Waals surface area contributed by atoms with E-state index in [4.69, 9.17) is 7.11 Å². The second-order valence-corrected chi connectivity index (χ2v) is 4.03. The molecule has 83 valence electrons. The smallest absolute Gasteiger partial charge is 0.173 e. The summed E-state index contributed by atoms with van der Waals surface area (Å²) in [7, 11) is 6.51. The second-order valence-electron chi connectivity index (χ2n) is 4.03. The van der Waals surface area contributed by atoms with E-state index in [0.717, 1.165) is 6.42 Å². The van der Waals surface area contributed by atoms with Gasteiger partial charge in [-0.1, -0.05) is 64.7 Å². The van der Waals surface area contributed by atoms with Crippen molar-refractivity contribution < 1.29 is 4.74 Å². The predicted molar refractivity (Wildman–Crippen MR) is 61.0 cm³/mol. The molecule has 0 aliphatic carbocycles. The molecule has 0 aromatic rings. The van der Waals surface area contributed by atoms with Crippen LogP contribution in [0.1, 0.15) is 71.1 Å². The maximum atomic E-state index is 6.51. The van der Waals surface area contributed by atoms with E-state index < -0.39 is 0 Å². The van der Waals surface area contributed by atoms with Crippen molar-refractivity contribution in [1.82, 2.24) is 0 Å². The zero-order valence-corrected chi connectivity index (χ0v) is 9.69. The van der Waals surface area contributed by atoms with Gasteiger partial charge >= 0.3 is 0 Å². The predicted octanol–water partition coefficient (Wildman–Crippen LogP) is 4.47. The lowest BCUT2D eigenvalue weighted by atomic mass is 10.1. The van der Waals surface area contributed by atoms with Gasteiger partial charge in [0.05, 0.1) is 0 Å². The average Bonchev–Trinajstić information content (AvgIpc) is 2.21. The van der Waals surface area contributed by atoms with Crippen LogP contribution in [0.2, 0.25) is 0 Å². The molecule has 0 aromatic heterocycles. The molecule has 0 spiro atoms. The summed E-state index contributed by atoms with van der Waals surface area (Å²) in [6.07, 6.45) is 13.4. The van der Waals surface area contributed by atoms with Gasteiger partial charge in [-0.25, -0.2) is 0 Å². The highest BCUT2D eigenvalue weighted by atomic mass is 16.5. The van der Waals surface area contributed by atoms with E-state index >= 15 is 0 Å². The van der Waals surface area contributed by atoms with Crippen molar-refractivity contribution in [3.8, 4) is 0 Å². The van der Waals surface area contributed by atoms with Crippen molar-refractivity contribution in [1.29, 1.82) is 0 Å². The fourth-order valence-electron chi connectivity index (χ4n) is 1.66. The van der Waals surface area contributed by atoms with Crippen LogP contribution in [0.4, 0.5) is 0 Å². The van der Waals surface area contributed by atoms with Gasteiger partial charge in [-0.2, -0.15) is 0 Å². The average molecular weight is 197 g/mol. The van der Waals surface area contributed by atoms with Crippen LogP contribution in [0.25, 0.3) is 0 Å². The van der Waals surface area contributed by atoms with Gasteiger partial charge in [0.1, 0.15) is 0 Å². The molecule has 1 nitrogen and oxygen atoms in total. The Morgan fingerprint density at radius 1 is 0.714 bits per heavy atom. The SMILES string of the molecule is [C]OCCCCCCCCCCCC. The molecule has 0 saturated heterocycles. The fraction of sp³-hybridized carbons (Fsp3) is 0.923. The van der Waals surface area contributed by atoms with Gasteiger partial charge in [0.25, 0.3) is 0 Å². The van der Waals surface area contributed by atoms with Gasteiger partial charge in [0, 0.05) is 6.61 Å². The molecule has 0 bridgehead atoms. The molecule has 0 rings (SSSR count). The third kappa shape index (κ3) is 12.0.